The number of hydrogen-bond donors (Lipinski definition) is 1. The summed E-state index contributed by atoms with van der Waals surface area (Å²) in [6, 6.07) is 10.1. The normalized spacial score (nSPS) is 13.2. The smallest absolute Gasteiger partial charge is 0.341 e. The minimum Gasteiger partial charge on any atom is -0.462 e. The number of aromatic nitrogens is 3. The van der Waals surface area contributed by atoms with Gasteiger partial charge >= 0.3 is 5.97 Å². The fourth-order valence-electron chi connectivity index (χ4n) is 3.28. The van der Waals surface area contributed by atoms with E-state index in [9.17, 15) is 9.59 Å². The fourth-order valence-corrected chi connectivity index (χ4v) is 5.11. The Kier molecular flexibility index (Phi) is 6.72. The van der Waals surface area contributed by atoms with Gasteiger partial charge in [-0.3, -0.25) is 4.79 Å². The Labute approximate surface area is 189 Å². The highest BCUT2D eigenvalue weighted by Gasteiger charge is 2.32. The number of hydrogen-bond acceptors (Lipinski definition) is 7. The van der Waals surface area contributed by atoms with Crippen LogP contribution < -0.4 is 5.32 Å². The first-order valence-electron chi connectivity index (χ1n) is 10.2. The number of thioether (sulfide) groups is 1. The summed E-state index contributed by atoms with van der Waals surface area (Å²) in [5, 5.41) is 14.5. The Hall–Kier alpha value is -2.65. The van der Waals surface area contributed by atoms with Crippen LogP contribution >= 0.6 is 23.1 Å². The van der Waals surface area contributed by atoms with E-state index in [4.69, 9.17) is 4.74 Å². The molecule has 1 saturated carbocycles. The summed E-state index contributed by atoms with van der Waals surface area (Å²) in [6.45, 7) is 4.63. The van der Waals surface area contributed by atoms with Crippen molar-refractivity contribution in [2.75, 3.05) is 17.7 Å². The van der Waals surface area contributed by atoms with E-state index in [2.05, 4.69) is 15.5 Å². The summed E-state index contributed by atoms with van der Waals surface area (Å²) in [4.78, 5) is 25.1. The van der Waals surface area contributed by atoms with Crippen molar-refractivity contribution in [2.24, 2.45) is 0 Å². The molecule has 2 aromatic heterocycles. The molecule has 3 aromatic rings. The van der Waals surface area contributed by atoms with Crippen molar-refractivity contribution in [3.63, 3.8) is 0 Å². The Morgan fingerprint density at radius 2 is 2.03 bits per heavy atom. The van der Waals surface area contributed by atoms with Crippen molar-refractivity contribution in [1.82, 2.24) is 14.8 Å². The highest BCUT2D eigenvalue weighted by Crippen LogP contribution is 2.46. The topological polar surface area (TPSA) is 86.1 Å². The second kappa shape index (κ2) is 9.65. The zero-order valence-electron chi connectivity index (χ0n) is 17.5. The lowest BCUT2D eigenvalue weighted by Crippen LogP contribution is -2.17. The average Bonchev–Trinajstić information content (AvgIpc) is 3.44. The molecule has 0 atom stereocenters. The molecule has 0 aliphatic heterocycles. The Morgan fingerprint density at radius 3 is 2.74 bits per heavy atom. The number of ether oxygens (including phenoxy) is 1. The van der Waals surface area contributed by atoms with Gasteiger partial charge in [-0.1, -0.05) is 42.1 Å². The van der Waals surface area contributed by atoms with E-state index >= 15 is 0 Å². The molecule has 1 amide bonds. The molecule has 0 saturated heterocycles. The van der Waals surface area contributed by atoms with Crippen LogP contribution in [0.25, 0.3) is 0 Å². The molecule has 9 heteroatoms. The molecule has 0 radical (unpaired) electrons. The summed E-state index contributed by atoms with van der Waals surface area (Å²) in [5.41, 5.74) is 2.64. The Balaban J connectivity index is 1.42. The molecular weight excluding hydrogens is 432 g/mol. The molecule has 1 aliphatic carbocycles. The first kappa shape index (κ1) is 21.6. The number of thiophene rings is 1. The number of benzene rings is 1. The number of aryl methyl sites for hydroxylation is 1. The molecule has 1 aromatic carbocycles. The number of carbonyl (C=O) groups excluding carboxylic acids is 2. The standard InChI is InChI=1S/C22H24N4O3S2/c1-3-29-21(28)19-17(16-9-10-16)12-30-20(19)23-18(27)13-31-22-25-24-14(2)26(22)11-15-7-5-4-6-8-15/h4-8,12,16H,3,9-11,13H2,1-2H3,(H,23,27). The van der Waals surface area contributed by atoms with Gasteiger partial charge in [-0.25, -0.2) is 4.79 Å². The molecule has 0 unspecified atom stereocenters. The van der Waals surface area contributed by atoms with Gasteiger partial charge in [0.1, 0.15) is 10.8 Å². The summed E-state index contributed by atoms with van der Waals surface area (Å²) < 4.78 is 7.21. The number of carbonyl (C=O) groups is 2. The Morgan fingerprint density at radius 1 is 1.26 bits per heavy atom. The molecule has 1 fully saturated rings. The predicted octanol–water partition coefficient (Wildman–Crippen LogP) is 4.48. The number of nitrogens with zero attached hydrogens (tertiary/aromatic N) is 3. The molecule has 1 N–H and O–H groups in total. The maximum Gasteiger partial charge on any atom is 0.341 e. The molecular formula is C22H24N4O3S2. The maximum absolute atomic E-state index is 12.7. The molecule has 0 bridgehead atoms. The van der Waals surface area contributed by atoms with Crippen molar-refractivity contribution >= 4 is 40.0 Å². The fraction of sp³-hybridized carbons (Fsp3) is 0.364. The SMILES string of the molecule is CCOC(=O)c1c(C2CC2)csc1NC(=O)CSc1nnc(C)n1Cc1ccccc1. The molecule has 31 heavy (non-hydrogen) atoms. The van der Waals surface area contributed by atoms with Gasteiger partial charge in [0.05, 0.1) is 24.5 Å². The highest BCUT2D eigenvalue weighted by atomic mass is 32.2. The predicted molar refractivity (Wildman–Crippen MR) is 122 cm³/mol. The van der Waals surface area contributed by atoms with Crippen molar-refractivity contribution in [1.29, 1.82) is 0 Å². The number of nitrogens with one attached hydrogen (secondary N) is 1. The van der Waals surface area contributed by atoms with Crippen LogP contribution in [0.5, 0.6) is 0 Å². The summed E-state index contributed by atoms with van der Waals surface area (Å²) in [7, 11) is 0. The number of anilines is 1. The zero-order chi connectivity index (χ0) is 21.8. The van der Waals surface area contributed by atoms with Crippen LogP contribution in [0.15, 0.2) is 40.9 Å². The molecule has 1 aliphatic rings. The van der Waals surface area contributed by atoms with E-state index in [0.29, 0.717) is 34.8 Å². The molecule has 2 heterocycles. The lowest BCUT2D eigenvalue weighted by Gasteiger charge is -2.09. The lowest BCUT2D eigenvalue weighted by molar-refractivity contribution is -0.113. The average molecular weight is 457 g/mol. The van der Waals surface area contributed by atoms with Crippen molar-refractivity contribution in [3.8, 4) is 0 Å². The number of rotatable bonds is 9. The van der Waals surface area contributed by atoms with Crippen LogP contribution in [-0.2, 0) is 16.1 Å². The maximum atomic E-state index is 12.7. The van der Waals surface area contributed by atoms with Gasteiger partial charge in [-0.15, -0.1) is 21.5 Å². The molecule has 0 spiro atoms. The molecule has 7 nitrogen and oxygen atoms in total. The van der Waals surface area contributed by atoms with E-state index in [1.54, 1.807) is 6.92 Å². The van der Waals surface area contributed by atoms with Gasteiger partial charge in [0.15, 0.2) is 5.16 Å². The monoisotopic (exact) mass is 456 g/mol. The van der Waals surface area contributed by atoms with Crippen molar-refractivity contribution in [2.45, 2.75) is 44.3 Å². The van der Waals surface area contributed by atoms with E-state index < -0.39 is 0 Å². The third-order valence-electron chi connectivity index (χ3n) is 4.99. The van der Waals surface area contributed by atoms with E-state index in [-0.39, 0.29) is 17.6 Å². The molecule has 4 rings (SSSR count). The van der Waals surface area contributed by atoms with Gasteiger partial charge in [0.2, 0.25) is 5.91 Å². The molecule has 162 valence electrons. The van der Waals surface area contributed by atoms with Gasteiger partial charge in [-0.05, 0) is 49.1 Å². The van der Waals surface area contributed by atoms with Gasteiger partial charge in [0, 0.05) is 0 Å². The van der Waals surface area contributed by atoms with Crippen LogP contribution in [-0.4, -0.2) is 39.0 Å². The van der Waals surface area contributed by atoms with E-state index in [1.165, 1.54) is 23.1 Å². The zero-order valence-corrected chi connectivity index (χ0v) is 19.1. The first-order valence-corrected chi connectivity index (χ1v) is 12.1. The van der Waals surface area contributed by atoms with Gasteiger partial charge < -0.3 is 14.6 Å². The minimum absolute atomic E-state index is 0.172. The van der Waals surface area contributed by atoms with E-state index in [0.717, 1.165) is 29.8 Å². The number of amides is 1. The van der Waals surface area contributed by atoms with E-state index in [1.807, 2.05) is 47.2 Å². The second-order valence-corrected chi connectivity index (χ2v) is 9.15. The number of esters is 1. The van der Waals surface area contributed by atoms with Crippen LogP contribution in [0, 0.1) is 6.92 Å². The first-order chi connectivity index (χ1) is 15.1. The summed E-state index contributed by atoms with van der Waals surface area (Å²) in [5.74, 6) is 0.809. The van der Waals surface area contributed by atoms with Gasteiger partial charge in [0.25, 0.3) is 0 Å². The van der Waals surface area contributed by atoms with Crippen LogP contribution in [0.2, 0.25) is 0 Å². The van der Waals surface area contributed by atoms with Gasteiger partial charge in [-0.2, -0.15) is 0 Å². The third kappa shape index (κ3) is 5.16. The quantitative estimate of drug-likeness (QED) is 0.377. The second-order valence-electron chi connectivity index (χ2n) is 7.33. The largest absolute Gasteiger partial charge is 0.462 e. The van der Waals surface area contributed by atoms with Crippen molar-refractivity contribution < 1.29 is 14.3 Å². The van der Waals surface area contributed by atoms with Crippen LogP contribution in [0.3, 0.4) is 0 Å². The summed E-state index contributed by atoms with van der Waals surface area (Å²) >= 11 is 2.71. The summed E-state index contributed by atoms with van der Waals surface area (Å²) in [6.07, 6.45) is 2.14. The van der Waals surface area contributed by atoms with Crippen molar-refractivity contribution in [3.05, 3.63) is 58.2 Å². The third-order valence-corrected chi connectivity index (χ3v) is 6.87. The highest BCUT2D eigenvalue weighted by molar-refractivity contribution is 7.99. The Bertz CT molecular complexity index is 1070. The van der Waals surface area contributed by atoms with Crippen LogP contribution in [0.1, 0.15) is 53.0 Å². The lowest BCUT2D eigenvalue weighted by atomic mass is 10.1. The van der Waals surface area contributed by atoms with Crippen LogP contribution in [0.4, 0.5) is 5.00 Å². The minimum atomic E-state index is -0.369.